The summed E-state index contributed by atoms with van der Waals surface area (Å²) in [5, 5.41) is 4.42. The lowest BCUT2D eigenvalue weighted by molar-refractivity contribution is -0.123. The number of aromatic nitrogens is 4. The summed E-state index contributed by atoms with van der Waals surface area (Å²) >= 11 is 0. The van der Waals surface area contributed by atoms with E-state index >= 15 is 0 Å². The molecule has 0 atom stereocenters. The number of nitrogens with one attached hydrogen (secondary N) is 1. The van der Waals surface area contributed by atoms with E-state index in [1.54, 1.807) is 11.7 Å². The van der Waals surface area contributed by atoms with Crippen LogP contribution in [0.3, 0.4) is 0 Å². The first kappa shape index (κ1) is 21.9. The minimum absolute atomic E-state index is 0.0101. The molecule has 2 heterocycles. The van der Waals surface area contributed by atoms with E-state index in [0.29, 0.717) is 46.9 Å². The summed E-state index contributed by atoms with van der Waals surface area (Å²) in [7, 11) is 1.74. The highest BCUT2D eigenvalue weighted by molar-refractivity contribution is 5.80. The third-order valence-electron chi connectivity index (χ3n) is 5.98. The molecule has 1 aliphatic carbocycles. The van der Waals surface area contributed by atoms with Gasteiger partial charge in [0, 0.05) is 13.0 Å². The van der Waals surface area contributed by atoms with Crippen molar-refractivity contribution < 1.29 is 14.3 Å². The van der Waals surface area contributed by atoms with Gasteiger partial charge >= 0.3 is 0 Å². The molecule has 1 aliphatic rings. The summed E-state index contributed by atoms with van der Waals surface area (Å²) < 4.78 is 13.6. The highest BCUT2D eigenvalue weighted by atomic mass is 16.5. The number of ether oxygens (including phenoxy) is 2. The zero-order valence-corrected chi connectivity index (χ0v) is 18.7. The molecule has 1 aromatic carbocycles. The van der Waals surface area contributed by atoms with E-state index in [0.717, 1.165) is 31.4 Å². The molecule has 9 heteroatoms. The second-order valence-electron chi connectivity index (χ2n) is 8.12. The van der Waals surface area contributed by atoms with Crippen LogP contribution in [0.25, 0.3) is 22.4 Å². The Labute approximate surface area is 185 Å². The van der Waals surface area contributed by atoms with E-state index in [-0.39, 0.29) is 23.5 Å². The fraction of sp³-hybridized carbons (Fsp3) is 0.478. The van der Waals surface area contributed by atoms with Gasteiger partial charge in [-0.3, -0.25) is 14.3 Å². The summed E-state index contributed by atoms with van der Waals surface area (Å²) in [6.45, 7) is 4.36. The highest BCUT2D eigenvalue weighted by Crippen LogP contribution is 2.34. The van der Waals surface area contributed by atoms with Crippen molar-refractivity contribution in [3.8, 4) is 22.9 Å². The third-order valence-corrected chi connectivity index (χ3v) is 5.98. The third kappa shape index (κ3) is 4.19. The van der Waals surface area contributed by atoms with E-state index in [2.05, 4.69) is 10.1 Å². The van der Waals surface area contributed by atoms with Crippen molar-refractivity contribution in [1.29, 1.82) is 0 Å². The lowest BCUT2D eigenvalue weighted by atomic mass is 9.87. The summed E-state index contributed by atoms with van der Waals surface area (Å²) in [5.74, 6) is 1.38. The van der Waals surface area contributed by atoms with E-state index in [4.69, 9.17) is 20.2 Å². The normalized spacial score (nSPS) is 18.6. The van der Waals surface area contributed by atoms with Crippen molar-refractivity contribution in [3.63, 3.8) is 0 Å². The number of aryl methyl sites for hydroxylation is 2. The summed E-state index contributed by atoms with van der Waals surface area (Å²) in [6, 6.07) is 5.53. The van der Waals surface area contributed by atoms with Crippen molar-refractivity contribution in [2.24, 2.45) is 18.7 Å². The number of benzene rings is 1. The summed E-state index contributed by atoms with van der Waals surface area (Å²) in [5.41, 5.74) is 7.64. The molecule has 0 radical (unpaired) electrons. The number of rotatable bonds is 7. The Kier molecular flexibility index (Phi) is 6.16. The van der Waals surface area contributed by atoms with Gasteiger partial charge in [0.15, 0.2) is 5.52 Å². The van der Waals surface area contributed by atoms with Crippen molar-refractivity contribution in [2.45, 2.75) is 52.1 Å². The number of hydrogen-bond acceptors (Lipinski definition) is 6. The van der Waals surface area contributed by atoms with Crippen LogP contribution < -0.4 is 20.8 Å². The lowest BCUT2D eigenvalue weighted by Crippen LogP contribution is -2.31. The molecule has 170 valence electrons. The number of nitrogens with zero attached hydrogens (tertiary/aromatic N) is 3. The highest BCUT2D eigenvalue weighted by Gasteiger charge is 2.26. The number of primary amides is 1. The van der Waals surface area contributed by atoms with Gasteiger partial charge in [-0.25, -0.2) is 4.98 Å². The number of aromatic amines is 1. The second-order valence-corrected chi connectivity index (χ2v) is 8.12. The van der Waals surface area contributed by atoms with Gasteiger partial charge in [0.25, 0.3) is 5.56 Å². The van der Waals surface area contributed by atoms with Gasteiger partial charge in [-0.2, -0.15) is 5.10 Å². The van der Waals surface area contributed by atoms with Gasteiger partial charge in [-0.1, -0.05) is 6.92 Å². The number of hydrogen-bond donors (Lipinski definition) is 2. The molecule has 0 bridgehead atoms. The zero-order chi connectivity index (χ0) is 22.8. The molecule has 0 unspecified atom stereocenters. The van der Waals surface area contributed by atoms with E-state index in [9.17, 15) is 9.59 Å². The Hall–Kier alpha value is -3.36. The number of nitrogens with two attached hydrogens (primary N) is 1. The van der Waals surface area contributed by atoms with Crippen molar-refractivity contribution in [2.75, 3.05) is 6.61 Å². The predicted octanol–water partition coefficient (Wildman–Crippen LogP) is 2.71. The number of H-pyrrole nitrogens is 1. The molecular formula is C23H29N5O4. The quantitative estimate of drug-likeness (QED) is 0.583. The molecular weight excluding hydrogens is 410 g/mol. The lowest BCUT2D eigenvalue weighted by Gasteiger charge is -2.27. The minimum Gasteiger partial charge on any atom is -0.493 e. The van der Waals surface area contributed by atoms with Crippen LogP contribution in [0.1, 0.15) is 45.2 Å². The van der Waals surface area contributed by atoms with Crippen LogP contribution in [0.15, 0.2) is 23.0 Å². The molecule has 1 fully saturated rings. The van der Waals surface area contributed by atoms with Crippen LogP contribution in [0.2, 0.25) is 0 Å². The maximum Gasteiger partial charge on any atom is 0.277 e. The average molecular weight is 440 g/mol. The van der Waals surface area contributed by atoms with Gasteiger partial charge < -0.3 is 20.2 Å². The fourth-order valence-electron chi connectivity index (χ4n) is 4.32. The molecule has 3 N–H and O–H groups in total. The molecule has 32 heavy (non-hydrogen) atoms. The molecule has 4 rings (SSSR count). The second kappa shape index (κ2) is 9.02. The van der Waals surface area contributed by atoms with Crippen LogP contribution >= 0.6 is 0 Å². The molecule has 1 amide bonds. The predicted molar refractivity (Wildman–Crippen MR) is 121 cm³/mol. The van der Waals surface area contributed by atoms with Crippen LogP contribution in [0.4, 0.5) is 0 Å². The summed E-state index contributed by atoms with van der Waals surface area (Å²) in [4.78, 5) is 31.8. The molecule has 0 aliphatic heterocycles. The molecule has 0 spiro atoms. The number of fused-ring (bicyclic) bond motifs is 1. The molecule has 1 saturated carbocycles. The number of carbonyl (C=O) groups excluding carboxylic acids is 1. The Bertz CT molecular complexity index is 1190. The first-order valence-corrected chi connectivity index (χ1v) is 11.1. The Balaban J connectivity index is 1.69. The van der Waals surface area contributed by atoms with Gasteiger partial charge in [-0.15, -0.1) is 0 Å². The maximum atomic E-state index is 12.8. The van der Waals surface area contributed by atoms with Crippen LogP contribution in [0, 0.1) is 5.92 Å². The van der Waals surface area contributed by atoms with E-state index in [1.807, 2.05) is 32.0 Å². The van der Waals surface area contributed by atoms with Gasteiger partial charge in [-0.05, 0) is 57.2 Å². The maximum absolute atomic E-state index is 12.8. The van der Waals surface area contributed by atoms with Gasteiger partial charge in [0.1, 0.15) is 22.8 Å². The fourth-order valence-corrected chi connectivity index (χ4v) is 4.32. The molecule has 0 saturated heterocycles. The Morgan fingerprint density at radius 2 is 2.00 bits per heavy atom. The average Bonchev–Trinajstić information content (AvgIpc) is 3.11. The summed E-state index contributed by atoms with van der Waals surface area (Å²) in [6.07, 6.45) is 3.69. The van der Waals surface area contributed by atoms with Crippen molar-refractivity contribution in [3.05, 3.63) is 34.2 Å². The largest absolute Gasteiger partial charge is 0.493 e. The number of carbonyl (C=O) groups is 1. The van der Waals surface area contributed by atoms with Crippen molar-refractivity contribution >= 4 is 16.9 Å². The SMILES string of the molecule is CCOc1ccc(OC2CCC(C(N)=O)CC2)cc1-c1nc2c(CC)nn(C)c2c(=O)[nH]1. The molecule has 2 aromatic heterocycles. The standard InChI is InChI=1S/C23H29N5O4/c1-4-17-19-20(28(3)27-17)23(30)26-22(25-19)16-12-15(10-11-18(16)31-5-2)32-14-8-6-13(7-9-14)21(24)29/h10-14H,4-9H2,1-3H3,(H2,24,29)(H,25,26,30). The first-order valence-electron chi connectivity index (χ1n) is 11.1. The van der Waals surface area contributed by atoms with E-state index < -0.39 is 0 Å². The van der Waals surface area contributed by atoms with E-state index in [1.165, 1.54) is 0 Å². The van der Waals surface area contributed by atoms with Crippen LogP contribution in [0.5, 0.6) is 11.5 Å². The van der Waals surface area contributed by atoms with Gasteiger partial charge in [0.05, 0.1) is 24.0 Å². The van der Waals surface area contributed by atoms with Crippen LogP contribution in [-0.2, 0) is 18.3 Å². The Morgan fingerprint density at radius 3 is 2.66 bits per heavy atom. The van der Waals surface area contributed by atoms with Crippen molar-refractivity contribution in [1.82, 2.24) is 19.7 Å². The van der Waals surface area contributed by atoms with Gasteiger partial charge in [0.2, 0.25) is 5.91 Å². The number of amides is 1. The first-order chi connectivity index (χ1) is 15.4. The topological polar surface area (TPSA) is 125 Å². The molecule has 9 nitrogen and oxygen atoms in total. The smallest absolute Gasteiger partial charge is 0.277 e. The van der Waals surface area contributed by atoms with Crippen LogP contribution in [-0.4, -0.2) is 38.4 Å². The zero-order valence-electron chi connectivity index (χ0n) is 18.7. The molecule has 3 aromatic rings. The monoisotopic (exact) mass is 439 g/mol. The Morgan fingerprint density at radius 1 is 1.25 bits per heavy atom. The minimum atomic E-state index is -0.252.